The van der Waals surface area contributed by atoms with Gasteiger partial charge in [-0.15, -0.1) is 23.1 Å². The molecule has 2 aliphatic rings. The topological polar surface area (TPSA) is 256 Å². The van der Waals surface area contributed by atoms with E-state index in [4.69, 9.17) is 22.0 Å². The zero-order valence-electron chi connectivity index (χ0n) is 23.2. The van der Waals surface area contributed by atoms with Crippen LogP contribution in [0, 0.1) is 0 Å². The second-order valence-corrected chi connectivity index (χ2v) is 12.8. The quantitative estimate of drug-likeness (QED) is 0.0449. The van der Waals surface area contributed by atoms with E-state index in [-0.39, 0.29) is 33.8 Å². The summed E-state index contributed by atoms with van der Waals surface area (Å²) in [6.07, 6.45) is 0.777. The molecule has 2 amide bonds. The van der Waals surface area contributed by atoms with Gasteiger partial charge in [0.25, 0.3) is 11.8 Å². The van der Waals surface area contributed by atoms with Crippen LogP contribution in [0.4, 0.5) is 16.8 Å². The van der Waals surface area contributed by atoms with Gasteiger partial charge in [0.1, 0.15) is 17.1 Å². The number of carbonyl (C=O) groups excluding carboxylic acids is 3. The number of thiazole rings is 1. The molecule has 0 bridgehead atoms. The minimum absolute atomic E-state index is 0.00635. The number of thioether (sulfide) groups is 2. The van der Waals surface area contributed by atoms with Gasteiger partial charge in [-0.1, -0.05) is 17.1 Å². The van der Waals surface area contributed by atoms with Crippen LogP contribution in [-0.4, -0.2) is 78.0 Å². The number of hydrogen-bond donors (Lipinski definition) is 5. The van der Waals surface area contributed by atoms with Crippen LogP contribution >= 0.6 is 34.9 Å². The van der Waals surface area contributed by atoms with Crippen molar-refractivity contribution in [2.75, 3.05) is 28.7 Å². The predicted octanol–water partition coefficient (Wildman–Crippen LogP) is -1.24. The molecule has 2 aromatic heterocycles. The number of carboxylic acid groups (broad SMARTS) is 2. The van der Waals surface area contributed by atoms with Crippen LogP contribution in [0.15, 0.2) is 33.0 Å². The number of nitrogens with two attached hydrogens (primary N) is 3. The summed E-state index contributed by atoms with van der Waals surface area (Å²) in [7, 11) is 0. The van der Waals surface area contributed by atoms with Crippen molar-refractivity contribution in [2.24, 2.45) is 5.16 Å². The fraction of sp³-hybridized carbons (Fsp3) is 0.417. The fourth-order valence-corrected chi connectivity index (χ4v) is 7.13. The number of carboxylic acids is 2. The molecular formula is C24H29N9O7S3. The van der Waals surface area contributed by atoms with E-state index in [1.54, 1.807) is 10.6 Å². The molecule has 0 aromatic carbocycles. The Labute approximate surface area is 257 Å². The highest BCUT2D eigenvalue weighted by molar-refractivity contribution is 8.01. The number of hydrogen-bond acceptors (Lipinski definition) is 15. The Morgan fingerprint density at radius 3 is 2.65 bits per heavy atom. The number of carbonyl (C=O) groups is 4. The van der Waals surface area contributed by atoms with Crippen molar-refractivity contribution >= 4 is 81.1 Å². The van der Waals surface area contributed by atoms with Crippen molar-refractivity contribution in [1.29, 1.82) is 0 Å². The Bertz CT molecular complexity index is 1540. The van der Waals surface area contributed by atoms with E-state index in [0.717, 1.165) is 22.7 Å². The van der Waals surface area contributed by atoms with Crippen molar-refractivity contribution in [1.82, 2.24) is 20.2 Å². The number of aromatic nitrogens is 3. The summed E-state index contributed by atoms with van der Waals surface area (Å²) < 4.78 is 1.77. The lowest BCUT2D eigenvalue weighted by atomic mass is 10.0. The molecular weight excluding hydrogens is 623 g/mol. The highest BCUT2D eigenvalue weighted by Crippen LogP contribution is 2.41. The van der Waals surface area contributed by atoms with Crippen molar-refractivity contribution < 1.29 is 38.8 Å². The summed E-state index contributed by atoms with van der Waals surface area (Å²) in [4.78, 5) is 64.6. The van der Waals surface area contributed by atoms with Gasteiger partial charge in [-0.25, -0.2) is 14.3 Å². The van der Waals surface area contributed by atoms with E-state index in [0.29, 0.717) is 23.1 Å². The second-order valence-electron chi connectivity index (χ2n) is 9.85. The van der Waals surface area contributed by atoms with Gasteiger partial charge in [-0.3, -0.25) is 14.5 Å². The molecule has 0 radical (unpaired) electrons. The number of anilines is 3. The molecule has 0 spiro atoms. The van der Waals surface area contributed by atoms with Gasteiger partial charge in [-0.05, 0) is 37.6 Å². The van der Waals surface area contributed by atoms with Gasteiger partial charge in [-0.2, -0.15) is 0 Å². The summed E-state index contributed by atoms with van der Waals surface area (Å²) in [6, 6.07) is 0.426. The predicted molar refractivity (Wildman–Crippen MR) is 157 cm³/mol. The Morgan fingerprint density at radius 2 is 2.05 bits per heavy atom. The third-order valence-corrected chi connectivity index (χ3v) is 9.35. The summed E-state index contributed by atoms with van der Waals surface area (Å²) in [5.74, 6) is -3.41. The zero-order chi connectivity index (χ0) is 31.6. The number of nitrogens with zero attached hydrogens (tertiary/aromatic N) is 5. The molecule has 19 heteroatoms. The summed E-state index contributed by atoms with van der Waals surface area (Å²) in [6.45, 7) is 5.02. The number of β-lactam (4-membered cyclic amide) rings is 1. The second kappa shape index (κ2) is 12.6. The molecule has 2 aromatic rings. The first kappa shape index (κ1) is 31.8. The fourth-order valence-electron chi connectivity index (χ4n) is 4.05. The number of oxime groups is 1. The Kier molecular flexibility index (Phi) is 9.35. The number of aliphatic carboxylic acids is 2. The molecule has 2 unspecified atom stereocenters. The van der Waals surface area contributed by atoms with Crippen LogP contribution in [0.2, 0.25) is 0 Å². The Hall–Kier alpha value is -4.10. The van der Waals surface area contributed by atoms with E-state index < -0.39 is 46.5 Å². The highest BCUT2D eigenvalue weighted by Gasteiger charge is 2.53. The molecule has 16 nitrogen and oxygen atoms in total. The average molecular weight is 652 g/mol. The van der Waals surface area contributed by atoms with E-state index in [1.807, 2.05) is 6.92 Å². The van der Waals surface area contributed by atoms with Gasteiger partial charge in [0.05, 0.1) is 24.3 Å². The lowest BCUT2D eigenvalue weighted by molar-refractivity contribution is -0.723. The first-order chi connectivity index (χ1) is 20.2. The van der Waals surface area contributed by atoms with Crippen molar-refractivity contribution in [3.05, 3.63) is 28.4 Å². The first-order valence-corrected chi connectivity index (χ1v) is 15.6. The summed E-state index contributed by atoms with van der Waals surface area (Å²) in [5, 5.41) is 29.1. The maximum absolute atomic E-state index is 13.2. The van der Waals surface area contributed by atoms with Gasteiger partial charge in [0.2, 0.25) is 17.2 Å². The maximum Gasteiger partial charge on any atom is 0.350 e. The Morgan fingerprint density at radius 1 is 1.33 bits per heavy atom. The van der Waals surface area contributed by atoms with Gasteiger partial charge < -0.3 is 42.4 Å². The van der Waals surface area contributed by atoms with E-state index >= 15 is 0 Å². The minimum atomic E-state index is -1.78. The molecule has 4 rings (SSSR count). The molecule has 230 valence electrons. The van der Waals surface area contributed by atoms with Crippen LogP contribution in [0.3, 0.4) is 0 Å². The molecule has 2 aliphatic heterocycles. The molecule has 43 heavy (non-hydrogen) atoms. The standard InChI is InChI=1S/C24H29N9O7S3/c1-4-5-32-13(26)6-12(25)29-23(32)43-8-10-7-41-19-15(18(35)33(19)16(10)20(36)37)30-17(34)14(11-9-42-22(27)28-11)31-40-24(2,3)21(38)39/h6,9,15,19H,4-5,7-8H2,1-3H3,(H8,25,26,27,28,30,34,36,37,38,39)/b31-14-. The monoisotopic (exact) mass is 651 g/mol. The zero-order valence-corrected chi connectivity index (χ0v) is 25.7. The first-order valence-electron chi connectivity index (χ1n) is 12.7. The molecule has 2 atom stereocenters. The van der Waals surface area contributed by atoms with E-state index in [9.17, 15) is 29.4 Å². The molecule has 1 fully saturated rings. The molecule has 0 saturated carbocycles. The SMILES string of the molecule is CCC[n+]1c(N)cc(N)nc1SCC1=C(C(=O)[O-])N2C(=O)C(NC(=O)/C(=N\OC(C)(C)C(=O)O)c3csc(N)n3)C2SC1. The number of fused-ring (bicyclic) bond motifs is 1. The smallest absolute Gasteiger partial charge is 0.350 e. The molecule has 8 N–H and O–H groups in total. The van der Waals surface area contributed by atoms with Crippen molar-refractivity contribution in [3.63, 3.8) is 0 Å². The number of amides is 2. The molecule has 4 heterocycles. The van der Waals surface area contributed by atoms with Crippen LogP contribution in [0.5, 0.6) is 0 Å². The van der Waals surface area contributed by atoms with Crippen molar-refractivity contribution in [2.45, 2.75) is 55.9 Å². The lowest BCUT2D eigenvalue weighted by Gasteiger charge is -2.50. The number of nitrogens with one attached hydrogen (secondary N) is 1. The average Bonchev–Trinajstić information content (AvgIpc) is 3.36. The largest absolute Gasteiger partial charge is 0.543 e. The van der Waals surface area contributed by atoms with E-state index in [2.05, 4.69) is 20.4 Å². The summed E-state index contributed by atoms with van der Waals surface area (Å²) >= 11 is 3.50. The van der Waals surface area contributed by atoms with Crippen LogP contribution < -0.4 is 32.2 Å². The van der Waals surface area contributed by atoms with Crippen LogP contribution in [-0.2, 0) is 30.6 Å². The third-order valence-electron chi connectivity index (χ3n) is 6.27. The minimum Gasteiger partial charge on any atom is -0.543 e. The molecule has 1 saturated heterocycles. The van der Waals surface area contributed by atoms with Crippen molar-refractivity contribution in [3.8, 4) is 0 Å². The lowest BCUT2D eigenvalue weighted by Crippen LogP contribution is -2.71. The van der Waals surface area contributed by atoms with Crippen LogP contribution in [0.1, 0.15) is 32.9 Å². The maximum atomic E-state index is 13.2. The van der Waals surface area contributed by atoms with E-state index in [1.165, 1.54) is 42.8 Å². The summed E-state index contributed by atoms with van der Waals surface area (Å²) in [5.41, 5.74) is 15.6. The van der Waals surface area contributed by atoms with Gasteiger partial charge in [0, 0.05) is 16.9 Å². The highest BCUT2D eigenvalue weighted by atomic mass is 32.2. The van der Waals surface area contributed by atoms with Crippen LogP contribution in [0.25, 0.3) is 0 Å². The van der Waals surface area contributed by atoms with Gasteiger partial charge >= 0.3 is 11.1 Å². The normalized spacial score (nSPS) is 18.6. The number of rotatable bonds is 12. The Balaban J connectivity index is 1.54. The third kappa shape index (κ3) is 6.62. The molecule has 0 aliphatic carbocycles. The number of nitrogen functional groups attached to an aromatic ring is 3. The van der Waals surface area contributed by atoms with Gasteiger partial charge in [0.15, 0.2) is 10.8 Å².